The van der Waals surface area contributed by atoms with Crippen LogP contribution in [0.25, 0.3) is 0 Å². The van der Waals surface area contributed by atoms with Gasteiger partial charge in [0.2, 0.25) is 5.91 Å². The number of sulfonamides is 1. The van der Waals surface area contributed by atoms with Gasteiger partial charge in [-0.3, -0.25) is 9.52 Å². The molecular weight excluding hydrogens is 509 g/mol. The largest absolute Gasteiger partial charge is 0.504 e. The number of halogens is 3. The molecule has 3 N–H and O–H groups in total. The minimum atomic E-state index is -4.11. The summed E-state index contributed by atoms with van der Waals surface area (Å²) in [5, 5.41) is 13.3. The van der Waals surface area contributed by atoms with Crippen LogP contribution < -0.4 is 14.8 Å². The fourth-order valence-corrected chi connectivity index (χ4v) is 5.65. The number of aromatic nitrogens is 1. The summed E-state index contributed by atoms with van der Waals surface area (Å²) in [5.41, 5.74) is 0.147. The fourth-order valence-electron chi connectivity index (χ4n) is 2.41. The van der Waals surface area contributed by atoms with Crippen molar-refractivity contribution in [1.82, 2.24) is 4.98 Å². The topological polar surface area (TPSA) is 118 Å². The molecule has 2 aromatic carbocycles. The number of benzene rings is 2. The first kappa shape index (κ1) is 23.4. The van der Waals surface area contributed by atoms with Crippen molar-refractivity contribution >= 4 is 72.9 Å². The van der Waals surface area contributed by atoms with Gasteiger partial charge in [-0.15, -0.1) is 0 Å². The minimum absolute atomic E-state index is 0.0478. The lowest BCUT2D eigenvalue weighted by molar-refractivity contribution is -0.114. The number of aromatic hydroxyl groups is 1. The van der Waals surface area contributed by atoms with Crippen LogP contribution >= 0.6 is 46.1 Å². The molecule has 0 radical (unpaired) electrons. The second-order valence-electron chi connectivity index (χ2n) is 6.16. The van der Waals surface area contributed by atoms with E-state index in [0.717, 1.165) is 17.4 Å². The molecule has 0 atom stereocenters. The fraction of sp³-hybridized carbons (Fsp3) is 0.111. The van der Waals surface area contributed by atoms with E-state index in [1.54, 1.807) is 6.07 Å². The second-order valence-corrected chi connectivity index (χ2v) is 10.3. The number of ether oxygens (including phenoxy) is 1. The van der Waals surface area contributed by atoms with E-state index < -0.39 is 10.0 Å². The van der Waals surface area contributed by atoms with Crippen LogP contribution in [0.15, 0.2) is 34.5 Å². The summed E-state index contributed by atoms with van der Waals surface area (Å²) in [4.78, 5) is 15.2. The van der Waals surface area contributed by atoms with E-state index in [9.17, 15) is 18.3 Å². The van der Waals surface area contributed by atoms with Crippen LogP contribution in [0, 0.1) is 6.92 Å². The Labute approximate surface area is 196 Å². The lowest BCUT2D eigenvalue weighted by atomic mass is 10.2. The maximum atomic E-state index is 12.9. The molecule has 0 bridgehead atoms. The molecule has 3 aromatic rings. The molecule has 0 unspecified atom stereocenters. The number of rotatable bonds is 6. The average molecular weight is 523 g/mol. The Balaban J connectivity index is 1.93. The maximum absolute atomic E-state index is 12.9. The van der Waals surface area contributed by atoms with Crippen molar-refractivity contribution in [2.75, 3.05) is 10.0 Å². The van der Waals surface area contributed by atoms with Crippen LogP contribution in [0.3, 0.4) is 0 Å². The lowest BCUT2D eigenvalue weighted by Crippen LogP contribution is -2.13. The van der Waals surface area contributed by atoms with Gasteiger partial charge < -0.3 is 15.2 Å². The van der Waals surface area contributed by atoms with Crippen LogP contribution in [-0.4, -0.2) is 24.4 Å². The second kappa shape index (κ2) is 9.09. The van der Waals surface area contributed by atoms with E-state index in [1.807, 2.05) is 0 Å². The summed E-state index contributed by atoms with van der Waals surface area (Å²) in [7, 11) is -4.11. The molecule has 0 spiro atoms. The number of anilines is 2. The Morgan fingerprint density at radius 2 is 1.84 bits per heavy atom. The number of hydrogen-bond acceptors (Lipinski definition) is 7. The molecule has 31 heavy (non-hydrogen) atoms. The van der Waals surface area contributed by atoms with Gasteiger partial charge in [0.1, 0.15) is 5.75 Å². The van der Waals surface area contributed by atoms with Crippen LogP contribution in [0.4, 0.5) is 10.8 Å². The predicted molar refractivity (Wildman–Crippen MR) is 122 cm³/mol. The molecule has 0 saturated carbocycles. The van der Waals surface area contributed by atoms with Gasteiger partial charge in [0.25, 0.3) is 10.0 Å². The predicted octanol–water partition coefficient (Wildman–Crippen LogP) is 5.67. The number of aryl methyl sites for hydroxylation is 1. The van der Waals surface area contributed by atoms with Gasteiger partial charge in [0.05, 0.1) is 21.4 Å². The number of nitrogens with zero attached hydrogens (tertiary/aromatic N) is 1. The normalized spacial score (nSPS) is 11.3. The van der Waals surface area contributed by atoms with E-state index in [4.69, 9.17) is 39.5 Å². The molecule has 0 fully saturated rings. The molecule has 8 nitrogen and oxygen atoms in total. The van der Waals surface area contributed by atoms with Crippen molar-refractivity contribution in [1.29, 1.82) is 0 Å². The first-order chi connectivity index (χ1) is 14.5. The van der Waals surface area contributed by atoms with E-state index in [0.29, 0.717) is 5.02 Å². The van der Waals surface area contributed by atoms with Gasteiger partial charge in [-0.05, 0) is 25.1 Å². The van der Waals surface area contributed by atoms with Crippen molar-refractivity contribution in [2.24, 2.45) is 0 Å². The number of thiazole rings is 1. The van der Waals surface area contributed by atoms with E-state index in [2.05, 4.69) is 15.0 Å². The molecule has 13 heteroatoms. The number of nitrogens with one attached hydrogen (secondary N) is 2. The molecule has 1 amide bonds. The quantitative estimate of drug-likeness (QED) is 0.359. The summed E-state index contributed by atoms with van der Waals surface area (Å²) < 4.78 is 33.6. The summed E-state index contributed by atoms with van der Waals surface area (Å²) in [6.07, 6.45) is 0. The Morgan fingerprint density at radius 3 is 2.48 bits per heavy atom. The Morgan fingerprint density at radius 1 is 1.13 bits per heavy atom. The van der Waals surface area contributed by atoms with Crippen LogP contribution in [0.2, 0.25) is 15.1 Å². The van der Waals surface area contributed by atoms with E-state index >= 15 is 0 Å². The standard InChI is InChI=1S/C18H14Cl3N3O5S2/c1-8-17(30-18(22-8)23-9(2)25)31(27,28)24-13-7-16(14(26)6-11(13)20)29-15-4-3-10(19)5-12(15)21/h3-7,24,26H,1-2H3,(H,22,23,25). The van der Waals surface area contributed by atoms with Crippen molar-refractivity contribution in [3.63, 3.8) is 0 Å². The third kappa shape index (κ3) is 5.52. The number of phenolic OH excluding ortho intramolecular Hbond substituents is 1. The lowest BCUT2D eigenvalue weighted by Gasteiger charge is -2.14. The maximum Gasteiger partial charge on any atom is 0.273 e. The van der Waals surface area contributed by atoms with Gasteiger partial charge in [-0.25, -0.2) is 13.4 Å². The van der Waals surface area contributed by atoms with Crippen molar-refractivity contribution in [3.05, 3.63) is 51.1 Å². The summed E-state index contributed by atoms with van der Waals surface area (Å²) >= 11 is 18.8. The summed E-state index contributed by atoms with van der Waals surface area (Å²) in [6.45, 7) is 2.78. The number of carbonyl (C=O) groups is 1. The molecule has 0 aliphatic heterocycles. The number of phenols is 1. The Kier molecular flexibility index (Phi) is 6.87. The third-order valence-electron chi connectivity index (χ3n) is 3.69. The number of hydrogen-bond donors (Lipinski definition) is 3. The monoisotopic (exact) mass is 521 g/mol. The summed E-state index contributed by atoms with van der Waals surface area (Å²) in [6, 6.07) is 6.83. The average Bonchev–Trinajstić information content (AvgIpc) is 3.01. The molecule has 164 valence electrons. The van der Waals surface area contributed by atoms with Crippen molar-refractivity contribution in [2.45, 2.75) is 18.1 Å². The third-order valence-corrected chi connectivity index (χ3v) is 7.58. The highest BCUT2D eigenvalue weighted by Crippen LogP contribution is 2.41. The minimum Gasteiger partial charge on any atom is -0.504 e. The van der Waals surface area contributed by atoms with Gasteiger partial charge in [0.15, 0.2) is 20.8 Å². The number of carbonyl (C=O) groups excluding carboxylic acids is 1. The van der Waals surface area contributed by atoms with Crippen molar-refractivity contribution < 1.29 is 23.1 Å². The van der Waals surface area contributed by atoms with Gasteiger partial charge in [0, 0.05) is 24.1 Å². The van der Waals surface area contributed by atoms with Gasteiger partial charge >= 0.3 is 0 Å². The first-order valence-corrected chi connectivity index (χ1v) is 11.8. The van der Waals surface area contributed by atoms with Gasteiger partial charge in [-0.1, -0.05) is 46.1 Å². The Bertz CT molecular complexity index is 1280. The zero-order valence-electron chi connectivity index (χ0n) is 15.9. The molecule has 0 aliphatic carbocycles. The molecule has 0 aliphatic rings. The van der Waals surface area contributed by atoms with Gasteiger partial charge in [-0.2, -0.15) is 0 Å². The molecule has 1 heterocycles. The smallest absolute Gasteiger partial charge is 0.273 e. The highest BCUT2D eigenvalue weighted by atomic mass is 35.5. The molecular formula is C18H14Cl3N3O5S2. The highest BCUT2D eigenvalue weighted by Gasteiger charge is 2.24. The molecule has 3 rings (SSSR count). The van der Waals surface area contributed by atoms with Crippen LogP contribution in [0.5, 0.6) is 17.2 Å². The van der Waals surface area contributed by atoms with Crippen molar-refractivity contribution in [3.8, 4) is 17.2 Å². The first-order valence-electron chi connectivity index (χ1n) is 8.39. The highest BCUT2D eigenvalue weighted by molar-refractivity contribution is 7.94. The van der Waals surface area contributed by atoms with Crippen LogP contribution in [-0.2, 0) is 14.8 Å². The molecule has 0 saturated heterocycles. The SMILES string of the molecule is CC(=O)Nc1nc(C)c(S(=O)(=O)Nc2cc(Oc3ccc(Cl)cc3Cl)c(O)cc2Cl)s1. The van der Waals surface area contributed by atoms with Crippen LogP contribution in [0.1, 0.15) is 12.6 Å². The molecule has 1 aromatic heterocycles. The summed E-state index contributed by atoms with van der Waals surface area (Å²) in [5.74, 6) is -0.613. The number of amides is 1. The zero-order chi connectivity index (χ0) is 22.9. The zero-order valence-corrected chi connectivity index (χ0v) is 19.8. The van der Waals surface area contributed by atoms with E-state index in [1.165, 1.54) is 32.0 Å². The Hall–Kier alpha value is -2.24. The van der Waals surface area contributed by atoms with E-state index in [-0.39, 0.29) is 53.9 Å².